The summed E-state index contributed by atoms with van der Waals surface area (Å²) in [6.07, 6.45) is 2.30. The van der Waals surface area contributed by atoms with Crippen molar-refractivity contribution in [1.82, 2.24) is 5.32 Å². The Morgan fingerprint density at radius 2 is 2.04 bits per heavy atom. The fourth-order valence-electron chi connectivity index (χ4n) is 2.81. The molecule has 0 heterocycles. The van der Waals surface area contributed by atoms with Crippen LogP contribution in [0.15, 0.2) is 18.2 Å². The van der Waals surface area contributed by atoms with E-state index in [1.165, 1.54) is 12.1 Å². The summed E-state index contributed by atoms with van der Waals surface area (Å²) in [6, 6.07) is 4.09. The molecule has 0 aromatic heterocycles. The maximum Gasteiger partial charge on any atom is 0.407 e. The van der Waals surface area contributed by atoms with Gasteiger partial charge in [-0.15, -0.1) is 0 Å². The van der Waals surface area contributed by atoms with Crippen LogP contribution in [0.1, 0.15) is 40.0 Å². The molecule has 0 spiro atoms. The Labute approximate surface area is 135 Å². The summed E-state index contributed by atoms with van der Waals surface area (Å²) in [7, 11) is 0. The maximum absolute atomic E-state index is 13.8. The van der Waals surface area contributed by atoms with Crippen molar-refractivity contribution in [2.45, 2.75) is 51.7 Å². The van der Waals surface area contributed by atoms with E-state index in [2.05, 4.69) is 10.6 Å². The van der Waals surface area contributed by atoms with E-state index < -0.39 is 23.3 Å². The number of alkyl carbamates (subject to hydrolysis) is 1. The zero-order valence-electron chi connectivity index (χ0n) is 13.8. The third kappa shape index (κ3) is 5.08. The summed E-state index contributed by atoms with van der Waals surface area (Å²) in [5, 5.41) is 5.82. The summed E-state index contributed by atoms with van der Waals surface area (Å²) in [6.45, 7) is 5.86. The Kier molecular flexibility index (Phi) is 5.44. The number of rotatable bonds is 4. The minimum absolute atomic E-state index is 0.00115. The molecule has 6 heteroatoms. The first-order chi connectivity index (χ1) is 10.8. The fraction of sp³-hybridized carbons (Fsp3) is 0.588. The zero-order chi connectivity index (χ0) is 17.0. The lowest BCUT2D eigenvalue weighted by Gasteiger charge is -2.24. The van der Waals surface area contributed by atoms with Gasteiger partial charge in [0.15, 0.2) is 11.6 Å². The highest BCUT2D eigenvalue weighted by molar-refractivity contribution is 5.67. The number of carbonyl (C=O) groups is 1. The third-order valence-electron chi connectivity index (χ3n) is 3.86. The van der Waals surface area contributed by atoms with Crippen molar-refractivity contribution in [1.29, 1.82) is 0 Å². The molecule has 1 aliphatic carbocycles. The van der Waals surface area contributed by atoms with Crippen LogP contribution in [0.2, 0.25) is 0 Å². The Balaban J connectivity index is 1.90. The van der Waals surface area contributed by atoms with Crippen molar-refractivity contribution < 1.29 is 18.3 Å². The summed E-state index contributed by atoms with van der Waals surface area (Å²) in [5.74, 6) is -1.57. The van der Waals surface area contributed by atoms with Crippen molar-refractivity contribution in [2.75, 3.05) is 11.9 Å². The minimum atomic E-state index is -0.864. The predicted octanol–water partition coefficient (Wildman–Crippen LogP) is 4.07. The first-order valence-electron chi connectivity index (χ1n) is 7.93. The van der Waals surface area contributed by atoms with Gasteiger partial charge in [-0.2, -0.15) is 0 Å². The van der Waals surface area contributed by atoms with Gasteiger partial charge in [0.1, 0.15) is 5.60 Å². The van der Waals surface area contributed by atoms with Gasteiger partial charge in [-0.05, 0) is 51.7 Å². The van der Waals surface area contributed by atoms with Gasteiger partial charge < -0.3 is 15.4 Å². The Morgan fingerprint density at radius 3 is 2.74 bits per heavy atom. The van der Waals surface area contributed by atoms with Crippen molar-refractivity contribution in [3.05, 3.63) is 29.8 Å². The Morgan fingerprint density at radius 1 is 1.30 bits per heavy atom. The van der Waals surface area contributed by atoms with Gasteiger partial charge >= 0.3 is 6.09 Å². The second-order valence-corrected chi connectivity index (χ2v) is 6.93. The Bertz CT molecular complexity index is 558. The number of anilines is 1. The quantitative estimate of drug-likeness (QED) is 0.877. The van der Waals surface area contributed by atoms with Gasteiger partial charge in [0, 0.05) is 12.6 Å². The van der Waals surface area contributed by atoms with Crippen molar-refractivity contribution >= 4 is 11.8 Å². The topological polar surface area (TPSA) is 50.4 Å². The summed E-state index contributed by atoms with van der Waals surface area (Å²) < 4.78 is 32.2. The first-order valence-corrected chi connectivity index (χ1v) is 7.93. The Hall–Kier alpha value is -1.85. The van der Waals surface area contributed by atoms with Crippen LogP contribution in [0, 0.1) is 17.6 Å². The van der Waals surface area contributed by atoms with E-state index in [1.54, 1.807) is 20.8 Å². The number of hydrogen-bond donors (Lipinski definition) is 2. The molecular formula is C17H24F2N2O2. The highest BCUT2D eigenvalue weighted by Gasteiger charge is 2.29. The molecule has 2 atom stereocenters. The number of carbonyl (C=O) groups excluding carboxylic acids is 1. The molecule has 1 amide bonds. The molecule has 23 heavy (non-hydrogen) atoms. The smallest absolute Gasteiger partial charge is 0.407 e. The van der Waals surface area contributed by atoms with E-state index in [4.69, 9.17) is 4.74 Å². The lowest BCUT2D eigenvalue weighted by atomic mass is 10.0. The molecule has 0 saturated heterocycles. The molecule has 1 aromatic carbocycles. The normalized spacial score (nSPS) is 21.1. The van der Waals surface area contributed by atoms with Crippen LogP contribution in [-0.4, -0.2) is 24.3 Å². The van der Waals surface area contributed by atoms with Crippen molar-refractivity contribution in [3.63, 3.8) is 0 Å². The largest absolute Gasteiger partial charge is 0.444 e. The van der Waals surface area contributed by atoms with Crippen LogP contribution < -0.4 is 10.6 Å². The number of amides is 1. The molecule has 2 rings (SSSR count). The van der Waals surface area contributed by atoms with Gasteiger partial charge in [-0.3, -0.25) is 0 Å². The summed E-state index contributed by atoms with van der Waals surface area (Å²) in [5.41, 5.74) is -0.374. The number of ether oxygens (including phenoxy) is 1. The van der Waals surface area contributed by atoms with Gasteiger partial charge in [0.2, 0.25) is 0 Å². The van der Waals surface area contributed by atoms with Gasteiger partial charge in [0.25, 0.3) is 0 Å². The lowest BCUT2D eigenvalue weighted by Crippen LogP contribution is -2.38. The summed E-state index contributed by atoms with van der Waals surface area (Å²) >= 11 is 0. The standard InChI is InChI=1S/C17H24F2N2O2/c1-17(2,3)23-16(22)20-10-11-6-4-8-13(11)21-14-9-5-7-12(18)15(14)19/h5,7,9,11,13,21H,4,6,8,10H2,1-3H3,(H,20,22). The van der Waals surface area contributed by atoms with Crippen LogP contribution in [-0.2, 0) is 4.74 Å². The molecule has 0 bridgehead atoms. The van der Waals surface area contributed by atoms with E-state index in [0.29, 0.717) is 6.54 Å². The average Bonchev–Trinajstić information content (AvgIpc) is 2.87. The fourth-order valence-corrected chi connectivity index (χ4v) is 2.81. The van der Waals surface area contributed by atoms with Gasteiger partial charge in [0.05, 0.1) is 5.69 Å². The molecule has 4 nitrogen and oxygen atoms in total. The van der Waals surface area contributed by atoms with Crippen LogP contribution in [0.4, 0.5) is 19.3 Å². The zero-order valence-corrected chi connectivity index (χ0v) is 13.8. The highest BCUT2D eigenvalue weighted by atomic mass is 19.2. The van der Waals surface area contributed by atoms with Crippen molar-refractivity contribution in [3.8, 4) is 0 Å². The van der Waals surface area contributed by atoms with E-state index in [1.807, 2.05) is 0 Å². The van der Waals surface area contributed by atoms with Gasteiger partial charge in [-0.1, -0.05) is 12.5 Å². The van der Waals surface area contributed by atoms with Gasteiger partial charge in [-0.25, -0.2) is 13.6 Å². The summed E-state index contributed by atoms with van der Waals surface area (Å²) in [4.78, 5) is 11.7. The molecule has 128 valence electrons. The molecular weight excluding hydrogens is 302 g/mol. The molecule has 1 saturated carbocycles. The number of hydrogen-bond acceptors (Lipinski definition) is 3. The first kappa shape index (κ1) is 17.5. The van der Waals surface area contributed by atoms with Crippen LogP contribution in [0.5, 0.6) is 0 Å². The van der Waals surface area contributed by atoms with Crippen molar-refractivity contribution in [2.24, 2.45) is 5.92 Å². The lowest BCUT2D eigenvalue weighted by molar-refractivity contribution is 0.0519. The van der Waals surface area contributed by atoms with E-state index in [-0.39, 0.29) is 17.6 Å². The monoisotopic (exact) mass is 326 g/mol. The van der Waals surface area contributed by atoms with E-state index in [9.17, 15) is 13.6 Å². The molecule has 1 aliphatic rings. The predicted molar refractivity (Wildman–Crippen MR) is 85.3 cm³/mol. The number of nitrogens with one attached hydrogen (secondary N) is 2. The number of halogens is 2. The molecule has 2 unspecified atom stereocenters. The molecule has 0 aliphatic heterocycles. The molecule has 1 fully saturated rings. The minimum Gasteiger partial charge on any atom is -0.444 e. The van der Waals surface area contributed by atoms with Crippen LogP contribution in [0.3, 0.4) is 0 Å². The third-order valence-corrected chi connectivity index (χ3v) is 3.86. The highest BCUT2D eigenvalue weighted by Crippen LogP contribution is 2.29. The SMILES string of the molecule is CC(C)(C)OC(=O)NCC1CCCC1Nc1cccc(F)c1F. The van der Waals surface area contributed by atoms with Crippen LogP contribution >= 0.6 is 0 Å². The molecule has 1 aromatic rings. The average molecular weight is 326 g/mol. The second kappa shape index (κ2) is 7.15. The maximum atomic E-state index is 13.8. The van der Waals surface area contributed by atoms with E-state index >= 15 is 0 Å². The molecule has 0 radical (unpaired) electrons. The van der Waals surface area contributed by atoms with Crippen LogP contribution in [0.25, 0.3) is 0 Å². The van der Waals surface area contributed by atoms with E-state index in [0.717, 1.165) is 25.3 Å². The molecule has 2 N–H and O–H groups in total. The number of benzene rings is 1. The second-order valence-electron chi connectivity index (χ2n) is 6.93.